The van der Waals surface area contributed by atoms with E-state index in [1.807, 2.05) is 39.0 Å². The van der Waals surface area contributed by atoms with E-state index >= 15 is 0 Å². The molecule has 1 fully saturated rings. The van der Waals surface area contributed by atoms with Crippen molar-refractivity contribution in [2.45, 2.75) is 85.7 Å². The summed E-state index contributed by atoms with van der Waals surface area (Å²) in [5.41, 5.74) is 4.38. The fraction of sp³-hybridized carbons (Fsp3) is 0.516. The number of phenolic OH excluding ortho intramolecular Hbond substituents is 1. The number of halogens is 1. The molecule has 38 heavy (non-hydrogen) atoms. The second kappa shape index (κ2) is 15.6. The van der Waals surface area contributed by atoms with E-state index in [1.54, 1.807) is 23.4 Å². The van der Waals surface area contributed by atoms with Crippen LogP contribution in [-0.4, -0.2) is 35.4 Å². The Labute approximate surface area is 234 Å². The lowest BCUT2D eigenvalue weighted by Gasteiger charge is -2.32. The molecule has 6 nitrogen and oxygen atoms in total. The molecule has 0 unspecified atom stereocenters. The van der Waals surface area contributed by atoms with Gasteiger partial charge in [0.05, 0.1) is 6.54 Å². The van der Waals surface area contributed by atoms with Crippen LogP contribution < -0.4 is 10.2 Å². The highest BCUT2D eigenvalue weighted by Gasteiger charge is 2.33. The molecule has 1 aliphatic carbocycles. The first-order chi connectivity index (χ1) is 18.2. The highest BCUT2D eigenvalue weighted by molar-refractivity contribution is 6.21. The third-order valence-corrected chi connectivity index (χ3v) is 6.60. The maximum atomic E-state index is 13.1. The van der Waals surface area contributed by atoms with E-state index in [2.05, 4.69) is 55.3 Å². The Morgan fingerprint density at radius 2 is 1.84 bits per heavy atom. The van der Waals surface area contributed by atoms with Crippen molar-refractivity contribution in [3.8, 4) is 5.75 Å². The molecule has 2 aromatic rings. The number of amides is 1. The lowest BCUT2D eigenvalue weighted by molar-refractivity contribution is 0.0996. The summed E-state index contributed by atoms with van der Waals surface area (Å²) < 4.78 is 0. The highest BCUT2D eigenvalue weighted by atomic mass is 35.5. The fourth-order valence-electron chi connectivity index (χ4n) is 4.27. The number of nitrogens with zero attached hydrogens (tertiary/aromatic N) is 3. The number of carbonyl (C=O) groups excluding carboxylic acids is 1. The standard InChI is InChI=1S/C23H27ClN2O2.C6H12N2.C2H6/c1-14(2)11-25-12-15-6-20-21(22(27)7-15)13-26(23(20)28)19-5-3-4-16(10-19)17-8-18(24)9-17;1-4-7-8-5-6(2)3;1-2/h3-7,10,14,17-18,25,27H,8-9,11-13H2,1-2H3;4-6H,1-3H3;1-2H3/b;7-4-,8-5-;. The summed E-state index contributed by atoms with van der Waals surface area (Å²) in [7, 11) is 0. The Balaban J connectivity index is 0.000000437. The zero-order chi connectivity index (χ0) is 28.2. The van der Waals surface area contributed by atoms with Gasteiger partial charge in [-0.25, -0.2) is 0 Å². The first-order valence-electron chi connectivity index (χ1n) is 13.8. The maximum absolute atomic E-state index is 13.1. The molecular weight excluding hydrogens is 496 g/mol. The Hall–Kier alpha value is -2.70. The van der Waals surface area contributed by atoms with Crippen molar-refractivity contribution in [2.75, 3.05) is 11.4 Å². The van der Waals surface area contributed by atoms with Crippen LogP contribution in [0.3, 0.4) is 0 Å². The number of benzene rings is 2. The largest absolute Gasteiger partial charge is 0.508 e. The molecule has 2 aliphatic rings. The second-order valence-electron chi connectivity index (χ2n) is 10.3. The minimum Gasteiger partial charge on any atom is -0.508 e. The van der Waals surface area contributed by atoms with Gasteiger partial charge in [0.2, 0.25) is 0 Å². The summed E-state index contributed by atoms with van der Waals surface area (Å²) in [6, 6.07) is 11.9. The molecule has 4 rings (SSSR count). The topological polar surface area (TPSA) is 77.3 Å². The Kier molecular flexibility index (Phi) is 13.0. The number of rotatable bonds is 8. The summed E-state index contributed by atoms with van der Waals surface area (Å²) >= 11 is 6.13. The predicted octanol–water partition coefficient (Wildman–Crippen LogP) is 7.53. The molecule has 1 aliphatic heterocycles. The third-order valence-electron chi connectivity index (χ3n) is 6.24. The molecule has 7 heteroatoms. The van der Waals surface area contributed by atoms with Crippen LogP contribution in [0, 0.1) is 11.8 Å². The van der Waals surface area contributed by atoms with Crippen molar-refractivity contribution < 1.29 is 9.90 Å². The summed E-state index contributed by atoms with van der Waals surface area (Å²) in [5.74, 6) is 1.69. The number of carbonyl (C=O) groups is 1. The van der Waals surface area contributed by atoms with E-state index in [0.717, 1.165) is 30.6 Å². The van der Waals surface area contributed by atoms with Gasteiger partial charge in [0.15, 0.2) is 0 Å². The first-order valence-corrected chi connectivity index (χ1v) is 14.3. The minimum absolute atomic E-state index is 0.0445. The van der Waals surface area contributed by atoms with Gasteiger partial charge in [-0.1, -0.05) is 53.7 Å². The number of aromatic hydroxyl groups is 1. The first kappa shape index (κ1) is 31.5. The molecule has 1 heterocycles. The average molecular weight is 541 g/mol. The smallest absolute Gasteiger partial charge is 0.259 e. The maximum Gasteiger partial charge on any atom is 0.259 e. The van der Waals surface area contributed by atoms with Crippen LogP contribution in [0.2, 0.25) is 0 Å². The van der Waals surface area contributed by atoms with Crippen LogP contribution in [0.25, 0.3) is 0 Å². The SMILES string of the molecule is C/C=N\N=C/C(C)C.CC.CC(C)CNCc1cc(O)c2c(c1)C(=O)N(c1cccc(C3CC(Cl)C3)c1)C2. The number of alkyl halides is 1. The quantitative estimate of drug-likeness (QED) is 0.206. The van der Waals surface area contributed by atoms with Crippen LogP contribution in [0.1, 0.15) is 94.3 Å². The van der Waals surface area contributed by atoms with Crippen molar-refractivity contribution in [2.24, 2.45) is 22.0 Å². The van der Waals surface area contributed by atoms with E-state index in [1.165, 1.54) is 5.56 Å². The van der Waals surface area contributed by atoms with Gasteiger partial charge in [-0.15, -0.1) is 11.6 Å². The molecule has 1 amide bonds. The Morgan fingerprint density at radius 1 is 1.13 bits per heavy atom. The van der Waals surface area contributed by atoms with Gasteiger partial charge >= 0.3 is 0 Å². The molecule has 2 N–H and O–H groups in total. The minimum atomic E-state index is -0.0445. The molecule has 0 spiro atoms. The molecule has 0 radical (unpaired) electrons. The lowest BCUT2D eigenvalue weighted by atomic mass is 9.79. The summed E-state index contributed by atoms with van der Waals surface area (Å²) in [5, 5.41) is 21.5. The molecule has 0 atom stereocenters. The van der Waals surface area contributed by atoms with E-state index < -0.39 is 0 Å². The number of hydrogen-bond acceptors (Lipinski definition) is 5. The van der Waals surface area contributed by atoms with Crippen LogP contribution in [0.15, 0.2) is 46.6 Å². The Bertz CT molecular complexity index is 1090. The molecular formula is C31H45ClN4O2. The summed E-state index contributed by atoms with van der Waals surface area (Å²) in [4.78, 5) is 14.8. The number of nitrogens with one attached hydrogen (secondary N) is 1. The van der Waals surface area contributed by atoms with Crippen molar-refractivity contribution >= 4 is 35.6 Å². The number of hydrogen-bond donors (Lipinski definition) is 2. The van der Waals surface area contributed by atoms with Crippen molar-refractivity contribution in [1.29, 1.82) is 0 Å². The molecule has 208 valence electrons. The summed E-state index contributed by atoms with van der Waals surface area (Å²) in [6.07, 6.45) is 5.46. The van der Waals surface area contributed by atoms with Gasteiger partial charge in [0.1, 0.15) is 5.75 Å². The zero-order valence-electron chi connectivity index (χ0n) is 24.0. The average Bonchev–Trinajstić information content (AvgIpc) is 3.20. The number of anilines is 1. The third kappa shape index (κ3) is 8.95. The van der Waals surface area contributed by atoms with Gasteiger partial charge in [0.25, 0.3) is 5.91 Å². The fourth-order valence-corrected chi connectivity index (χ4v) is 4.70. The van der Waals surface area contributed by atoms with Crippen molar-refractivity contribution in [3.63, 3.8) is 0 Å². The molecule has 0 bridgehead atoms. The summed E-state index contributed by atoms with van der Waals surface area (Å²) in [6.45, 7) is 16.2. The van der Waals surface area contributed by atoms with Crippen molar-refractivity contribution in [1.82, 2.24) is 5.32 Å². The molecule has 2 aromatic carbocycles. The van der Waals surface area contributed by atoms with Gasteiger partial charge in [0, 0.05) is 41.2 Å². The number of phenols is 1. The van der Waals surface area contributed by atoms with Crippen LogP contribution >= 0.6 is 11.6 Å². The second-order valence-corrected chi connectivity index (χ2v) is 10.9. The van der Waals surface area contributed by atoms with E-state index in [9.17, 15) is 9.90 Å². The van der Waals surface area contributed by atoms with Crippen molar-refractivity contribution in [3.05, 3.63) is 58.7 Å². The lowest BCUT2D eigenvalue weighted by Crippen LogP contribution is -2.25. The molecule has 0 saturated heterocycles. The van der Waals surface area contributed by atoms with E-state index in [4.69, 9.17) is 11.6 Å². The monoisotopic (exact) mass is 540 g/mol. The predicted molar refractivity (Wildman–Crippen MR) is 162 cm³/mol. The van der Waals surface area contributed by atoms with Gasteiger partial charge in [-0.05, 0) is 79.5 Å². The van der Waals surface area contributed by atoms with E-state index in [0.29, 0.717) is 42.0 Å². The van der Waals surface area contributed by atoms with Crippen LogP contribution in [0.5, 0.6) is 5.75 Å². The van der Waals surface area contributed by atoms with E-state index in [-0.39, 0.29) is 17.0 Å². The van der Waals surface area contributed by atoms with Crippen LogP contribution in [-0.2, 0) is 13.1 Å². The molecule has 0 aromatic heterocycles. The zero-order valence-corrected chi connectivity index (χ0v) is 24.8. The molecule has 1 saturated carbocycles. The van der Waals surface area contributed by atoms with Crippen LogP contribution in [0.4, 0.5) is 5.69 Å². The normalized spacial score (nSPS) is 18.4. The highest BCUT2D eigenvalue weighted by Crippen LogP contribution is 2.42. The van der Waals surface area contributed by atoms with Gasteiger partial charge in [-0.3, -0.25) is 4.79 Å². The number of fused-ring (bicyclic) bond motifs is 1. The van der Waals surface area contributed by atoms with Gasteiger partial charge < -0.3 is 15.3 Å². The Morgan fingerprint density at radius 3 is 2.45 bits per heavy atom. The van der Waals surface area contributed by atoms with Gasteiger partial charge in [-0.2, -0.15) is 10.2 Å².